The summed E-state index contributed by atoms with van der Waals surface area (Å²) in [6, 6.07) is 16.8. The zero-order chi connectivity index (χ0) is 26.4. The third-order valence-electron chi connectivity index (χ3n) is 7.09. The van der Waals surface area contributed by atoms with Gasteiger partial charge in [0.25, 0.3) is 0 Å². The first-order chi connectivity index (χ1) is 17.9. The monoisotopic (exact) mass is 505 g/mol. The molecule has 0 radical (unpaired) electrons. The number of carbonyl (C=O) groups is 1. The Kier molecular flexibility index (Phi) is 8.98. The quantitative estimate of drug-likeness (QED) is 0.386. The summed E-state index contributed by atoms with van der Waals surface area (Å²) in [7, 11) is 0. The maximum absolute atomic E-state index is 14.2. The Morgan fingerprint density at radius 3 is 2.43 bits per heavy atom. The van der Waals surface area contributed by atoms with Crippen molar-refractivity contribution in [3.8, 4) is 5.69 Å². The first-order valence-electron chi connectivity index (χ1n) is 13.5. The van der Waals surface area contributed by atoms with E-state index in [9.17, 15) is 9.18 Å². The fraction of sp³-hybridized carbons (Fsp3) is 0.467. The molecule has 1 fully saturated rings. The van der Waals surface area contributed by atoms with Gasteiger partial charge in [-0.3, -0.25) is 4.79 Å². The van der Waals surface area contributed by atoms with Crippen LogP contribution < -0.4 is 4.90 Å². The topological polar surface area (TPSA) is 44.6 Å². The number of halogens is 1. The smallest absolute Gasteiger partial charge is 0.223 e. The molecule has 1 saturated heterocycles. The molecule has 6 nitrogen and oxygen atoms in total. The molecule has 0 saturated carbocycles. The second-order valence-electron chi connectivity index (χ2n) is 10.4. The molecule has 0 unspecified atom stereocenters. The number of rotatable bonds is 10. The summed E-state index contributed by atoms with van der Waals surface area (Å²) in [6.07, 6.45) is 1.19. The highest BCUT2D eigenvalue weighted by Crippen LogP contribution is 2.30. The molecule has 2 heterocycles. The predicted octanol–water partition coefficient (Wildman–Crippen LogP) is 5.08. The van der Waals surface area contributed by atoms with Gasteiger partial charge in [0.1, 0.15) is 11.6 Å². The highest BCUT2D eigenvalue weighted by molar-refractivity contribution is 5.77. The lowest BCUT2D eigenvalue weighted by Gasteiger charge is -2.36. The second kappa shape index (κ2) is 12.4. The van der Waals surface area contributed by atoms with Crippen LogP contribution in [-0.2, 0) is 17.8 Å². The molecular weight excluding hydrogens is 465 g/mol. The van der Waals surface area contributed by atoms with Gasteiger partial charge >= 0.3 is 0 Å². The number of benzene rings is 2. The van der Waals surface area contributed by atoms with Gasteiger partial charge in [-0.1, -0.05) is 57.2 Å². The molecule has 0 aliphatic carbocycles. The Bertz CT molecular complexity index is 1170. The van der Waals surface area contributed by atoms with Gasteiger partial charge in [0.05, 0.1) is 17.9 Å². The van der Waals surface area contributed by atoms with Gasteiger partial charge in [-0.15, -0.1) is 0 Å². The van der Waals surface area contributed by atoms with Crippen LogP contribution in [0.4, 0.5) is 10.2 Å². The van der Waals surface area contributed by atoms with Crippen LogP contribution in [0.5, 0.6) is 0 Å². The zero-order valence-corrected chi connectivity index (χ0v) is 22.7. The Morgan fingerprint density at radius 1 is 1.05 bits per heavy atom. The molecule has 0 bridgehead atoms. The highest BCUT2D eigenvalue weighted by atomic mass is 19.1. The molecule has 1 aliphatic heterocycles. The molecule has 2 aromatic carbocycles. The Morgan fingerprint density at radius 2 is 1.78 bits per heavy atom. The molecule has 1 amide bonds. The number of hydrogen-bond donors (Lipinski definition) is 0. The molecule has 0 atom stereocenters. The fourth-order valence-corrected chi connectivity index (χ4v) is 5.06. The SMILES string of the molecule is CCN1CCN(c2c(CN(CC(C)C)C(=O)CCc3ccccc3)c(C)nn2-c2cccc(F)c2)CC1. The van der Waals surface area contributed by atoms with Crippen molar-refractivity contribution in [3.05, 3.63) is 77.2 Å². The van der Waals surface area contributed by atoms with Gasteiger partial charge in [-0.2, -0.15) is 5.10 Å². The lowest BCUT2D eigenvalue weighted by Crippen LogP contribution is -2.47. The van der Waals surface area contributed by atoms with E-state index in [1.54, 1.807) is 6.07 Å². The summed E-state index contributed by atoms with van der Waals surface area (Å²) >= 11 is 0. The van der Waals surface area contributed by atoms with Crippen LogP contribution in [0.3, 0.4) is 0 Å². The van der Waals surface area contributed by atoms with E-state index in [0.717, 1.165) is 56.2 Å². The number of nitrogens with zero attached hydrogens (tertiary/aromatic N) is 5. The van der Waals surface area contributed by atoms with Crippen molar-refractivity contribution in [2.75, 3.05) is 44.2 Å². The van der Waals surface area contributed by atoms with Crippen LogP contribution in [0, 0.1) is 18.7 Å². The van der Waals surface area contributed by atoms with Crippen molar-refractivity contribution < 1.29 is 9.18 Å². The average molecular weight is 506 g/mol. The van der Waals surface area contributed by atoms with Crippen molar-refractivity contribution in [3.63, 3.8) is 0 Å². The highest BCUT2D eigenvalue weighted by Gasteiger charge is 2.28. The minimum Gasteiger partial charge on any atom is -0.354 e. The number of anilines is 1. The molecule has 37 heavy (non-hydrogen) atoms. The lowest BCUT2D eigenvalue weighted by molar-refractivity contribution is -0.132. The van der Waals surface area contributed by atoms with Gasteiger partial charge in [0.15, 0.2) is 0 Å². The number of aryl methyl sites for hydroxylation is 2. The van der Waals surface area contributed by atoms with Crippen molar-refractivity contribution in [1.82, 2.24) is 19.6 Å². The molecule has 0 spiro atoms. The Labute approximate surface area is 220 Å². The number of piperazine rings is 1. The first kappa shape index (κ1) is 26.9. The van der Waals surface area contributed by atoms with Crippen molar-refractivity contribution in [1.29, 1.82) is 0 Å². The third kappa shape index (κ3) is 6.77. The van der Waals surface area contributed by atoms with Crippen molar-refractivity contribution in [2.24, 2.45) is 5.92 Å². The van der Waals surface area contributed by atoms with E-state index in [0.29, 0.717) is 31.1 Å². The minimum atomic E-state index is -0.286. The first-order valence-corrected chi connectivity index (χ1v) is 13.5. The minimum absolute atomic E-state index is 0.150. The average Bonchev–Trinajstić information content (AvgIpc) is 3.23. The summed E-state index contributed by atoms with van der Waals surface area (Å²) in [5, 5.41) is 4.88. The van der Waals surface area contributed by atoms with Crippen LogP contribution in [0.25, 0.3) is 5.69 Å². The van der Waals surface area contributed by atoms with Crippen LogP contribution in [0.2, 0.25) is 0 Å². The van der Waals surface area contributed by atoms with E-state index in [1.807, 2.05) is 40.8 Å². The molecule has 1 aliphatic rings. The van der Waals surface area contributed by atoms with Gasteiger partial charge < -0.3 is 14.7 Å². The van der Waals surface area contributed by atoms with E-state index >= 15 is 0 Å². The normalized spacial score (nSPS) is 14.4. The van der Waals surface area contributed by atoms with Gasteiger partial charge in [0.2, 0.25) is 5.91 Å². The number of aromatic nitrogens is 2. The summed E-state index contributed by atoms with van der Waals surface area (Å²) < 4.78 is 16.1. The molecule has 0 N–H and O–H groups in total. The summed E-state index contributed by atoms with van der Waals surface area (Å²) in [4.78, 5) is 20.3. The molecule has 4 rings (SSSR count). The number of carbonyl (C=O) groups excluding carboxylic acids is 1. The maximum Gasteiger partial charge on any atom is 0.223 e. The molecular formula is C30H40FN5O. The Hall–Kier alpha value is -3.19. The molecule has 1 aromatic heterocycles. The van der Waals surface area contributed by atoms with Crippen LogP contribution in [0.15, 0.2) is 54.6 Å². The number of amides is 1. The molecule has 3 aromatic rings. The van der Waals surface area contributed by atoms with E-state index in [4.69, 9.17) is 5.10 Å². The van der Waals surface area contributed by atoms with Crippen LogP contribution in [-0.4, -0.2) is 64.8 Å². The molecule has 198 valence electrons. The second-order valence-corrected chi connectivity index (χ2v) is 10.4. The largest absolute Gasteiger partial charge is 0.354 e. The van der Waals surface area contributed by atoms with Crippen LogP contribution in [0.1, 0.15) is 44.0 Å². The predicted molar refractivity (Wildman–Crippen MR) is 148 cm³/mol. The van der Waals surface area contributed by atoms with Gasteiger partial charge in [-0.05, 0) is 49.6 Å². The van der Waals surface area contributed by atoms with E-state index in [-0.39, 0.29) is 11.7 Å². The summed E-state index contributed by atoms with van der Waals surface area (Å²) in [6.45, 7) is 14.4. The van der Waals surface area contributed by atoms with Gasteiger partial charge in [-0.25, -0.2) is 9.07 Å². The summed E-state index contributed by atoms with van der Waals surface area (Å²) in [5.74, 6) is 1.18. The molecule has 7 heteroatoms. The Balaban J connectivity index is 1.65. The van der Waals surface area contributed by atoms with E-state index in [1.165, 1.54) is 17.7 Å². The van der Waals surface area contributed by atoms with E-state index < -0.39 is 0 Å². The lowest BCUT2D eigenvalue weighted by atomic mass is 10.1. The maximum atomic E-state index is 14.2. The summed E-state index contributed by atoms with van der Waals surface area (Å²) in [5.41, 5.74) is 3.79. The van der Waals surface area contributed by atoms with Gasteiger partial charge in [0, 0.05) is 44.7 Å². The number of likely N-dealkylation sites (N-methyl/N-ethyl adjacent to an activating group) is 1. The van der Waals surface area contributed by atoms with E-state index in [2.05, 4.69) is 42.7 Å². The standard InChI is InChI=1S/C30H40FN5O/c1-5-33-16-18-34(19-17-33)30-28(24(4)32-36(30)27-13-9-12-26(31)20-27)22-35(21-23(2)3)29(37)15-14-25-10-7-6-8-11-25/h6-13,20,23H,5,14-19,21-22H2,1-4H3. The van der Waals surface area contributed by atoms with Crippen molar-refractivity contribution in [2.45, 2.75) is 47.1 Å². The van der Waals surface area contributed by atoms with Crippen molar-refractivity contribution >= 4 is 11.7 Å². The zero-order valence-electron chi connectivity index (χ0n) is 22.7. The number of hydrogen-bond acceptors (Lipinski definition) is 4. The third-order valence-corrected chi connectivity index (χ3v) is 7.09. The fourth-order valence-electron chi connectivity index (χ4n) is 5.06. The van der Waals surface area contributed by atoms with Crippen LogP contribution >= 0.6 is 0 Å².